The van der Waals surface area contributed by atoms with Gasteiger partial charge in [-0.3, -0.25) is 9.59 Å². The summed E-state index contributed by atoms with van der Waals surface area (Å²) in [5.74, 6) is 0.322. The highest BCUT2D eigenvalue weighted by Gasteiger charge is 2.20. The van der Waals surface area contributed by atoms with Gasteiger partial charge in [0, 0.05) is 12.6 Å². The van der Waals surface area contributed by atoms with Crippen molar-refractivity contribution in [2.24, 2.45) is 0 Å². The van der Waals surface area contributed by atoms with E-state index < -0.39 is 0 Å². The molecular formula is C15H20BrNO3. The monoisotopic (exact) mass is 341 g/mol. The molecule has 1 rings (SSSR count). The molecule has 0 aliphatic heterocycles. The fraction of sp³-hybridized carbons (Fsp3) is 0.467. The Kier molecular flexibility index (Phi) is 6.71. The first-order valence-corrected chi connectivity index (χ1v) is 7.55. The molecule has 1 atom stereocenters. The SMILES string of the molecule is CCCCC(Br)C(=O)c1cc(NC(C)=O)ccc1OC. The molecule has 0 bridgehead atoms. The van der Waals surface area contributed by atoms with Gasteiger partial charge in [0.1, 0.15) is 5.75 Å². The van der Waals surface area contributed by atoms with Crippen LogP contribution in [0, 0.1) is 0 Å². The summed E-state index contributed by atoms with van der Waals surface area (Å²) in [4.78, 5) is 23.3. The number of rotatable bonds is 7. The van der Waals surface area contributed by atoms with Gasteiger partial charge in [0.15, 0.2) is 5.78 Å². The van der Waals surface area contributed by atoms with Gasteiger partial charge in [-0.1, -0.05) is 35.7 Å². The lowest BCUT2D eigenvalue weighted by Crippen LogP contribution is -2.16. The minimum atomic E-state index is -0.232. The second kappa shape index (κ2) is 8.04. The van der Waals surface area contributed by atoms with Gasteiger partial charge in [-0.05, 0) is 24.6 Å². The van der Waals surface area contributed by atoms with E-state index in [9.17, 15) is 9.59 Å². The number of ketones is 1. The van der Waals surface area contributed by atoms with Crippen molar-refractivity contribution in [2.45, 2.75) is 37.9 Å². The summed E-state index contributed by atoms with van der Waals surface area (Å²) in [6, 6.07) is 5.06. The van der Waals surface area contributed by atoms with Crippen LogP contribution in [0.2, 0.25) is 0 Å². The van der Waals surface area contributed by atoms with Crippen LogP contribution in [0.15, 0.2) is 18.2 Å². The van der Waals surface area contributed by atoms with E-state index in [1.54, 1.807) is 18.2 Å². The second-order valence-electron chi connectivity index (χ2n) is 4.57. The zero-order valence-corrected chi connectivity index (χ0v) is 13.6. The van der Waals surface area contributed by atoms with Crippen molar-refractivity contribution in [1.29, 1.82) is 0 Å². The Morgan fingerprint density at radius 3 is 2.65 bits per heavy atom. The molecule has 5 heteroatoms. The van der Waals surface area contributed by atoms with E-state index in [0.29, 0.717) is 17.0 Å². The molecule has 1 N–H and O–H groups in total. The van der Waals surface area contributed by atoms with E-state index in [1.165, 1.54) is 14.0 Å². The molecule has 0 fully saturated rings. The number of unbranched alkanes of at least 4 members (excludes halogenated alkanes) is 1. The smallest absolute Gasteiger partial charge is 0.221 e. The summed E-state index contributed by atoms with van der Waals surface area (Å²) in [5.41, 5.74) is 1.08. The lowest BCUT2D eigenvalue weighted by molar-refractivity contribution is -0.114. The Hall–Kier alpha value is -1.36. The predicted octanol–water partition coefficient (Wildman–Crippen LogP) is 3.79. The summed E-state index contributed by atoms with van der Waals surface area (Å²) in [6.07, 6.45) is 2.80. The van der Waals surface area contributed by atoms with E-state index in [2.05, 4.69) is 28.2 Å². The highest BCUT2D eigenvalue weighted by molar-refractivity contribution is 9.10. The molecule has 0 spiro atoms. The van der Waals surface area contributed by atoms with Gasteiger partial charge < -0.3 is 10.1 Å². The van der Waals surface area contributed by atoms with E-state index in [-0.39, 0.29) is 16.5 Å². The molecule has 0 aliphatic carbocycles. The molecule has 1 aromatic rings. The zero-order chi connectivity index (χ0) is 15.1. The Balaban J connectivity index is 3.00. The number of ether oxygens (including phenoxy) is 1. The van der Waals surface area contributed by atoms with Gasteiger partial charge in [-0.15, -0.1) is 0 Å². The van der Waals surface area contributed by atoms with Crippen molar-refractivity contribution in [1.82, 2.24) is 0 Å². The fourth-order valence-corrected chi connectivity index (χ4v) is 2.44. The summed E-state index contributed by atoms with van der Waals surface area (Å²) >= 11 is 3.43. The van der Waals surface area contributed by atoms with Crippen LogP contribution in [0.5, 0.6) is 5.75 Å². The number of nitrogens with one attached hydrogen (secondary N) is 1. The summed E-state index contributed by atoms with van der Waals surface area (Å²) in [7, 11) is 1.53. The van der Waals surface area contributed by atoms with Crippen molar-refractivity contribution in [3.63, 3.8) is 0 Å². The third-order valence-corrected chi connectivity index (χ3v) is 3.75. The van der Waals surface area contributed by atoms with E-state index in [4.69, 9.17) is 4.74 Å². The number of amides is 1. The van der Waals surface area contributed by atoms with Gasteiger partial charge in [0.2, 0.25) is 5.91 Å². The van der Waals surface area contributed by atoms with Crippen molar-refractivity contribution >= 4 is 33.3 Å². The molecule has 0 aromatic heterocycles. The molecule has 0 radical (unpaired) electrons. The van der Waals surface area contributed by atoms with Crippen LogP contribution >= 0.6 is 15.9 Å². The Morgan fingerprint density at radius 2 is 2.10 bits per heavy atom. The van der Waals surface area contributed by atoms with Gasteiger partial charge in [-0.25, -0.2) is 0 Å². The normalized spacial score (nSPS) is 11.8. The van der Waals surface area contributed by atoms with Crippen LogP contribution in [0.1, 0.15) is 43.5 Å². The molecule has 0 aliphatic rings. The number of anilines is 1. The highest BCUT2D eigenvalue weighted by Crippen LogP contribution is 2.27. The number of carbonyl (C=O) groups is 2. The summed E-state index contributed by atoms with van der Waals surface area (Å²) in [6.45, 7) is 3.52. The molecule has 0 saturated carbocycles. The number of halogens is 1. The molecule has 20 heavy (non-hydrogen) atoms. The first-order valence-electron chi connectivity index (χ1n) is 6.63. The Labute approximate surface area is 128 Å². The van der Waals surface area contributed by atoms with Crippen LogP contribution in [0.3, 0.4) is 0 Å². The van der Waals surface area contributed by atoms with Gasteiger partial charge in [0.25, 0.3) is 0 Å². The molecule has 1 amide bonds. The van der Waals surface area contributed by atoms with Crippen LogP contribution in [-0.2, 0) is 4.79 Å². The summed E-state index contributed by atoms with van der Waals surface area (Å²) in [5, 5.41) is 2.67. The van der Waals surface area contributed by atoms with Crippen molar-refractivity contribution in [3.05, 3.63) is 23.8 Å². The predicted molar refractivity (Wildman–Crippen MR) is 83.9 cm³/mol. The van der Waals surface area contributed by atoms with Crippen LogP contribution in [0.4, 0.5) is 5.69 Å². The number of benzene rings is 1. The quantitative estimate of drug-likeness (QED) is 0.606. The lowest BCUT2D eigenvalue weighted by Gasteiger charge is -2.13. The first kappa shape index (κ1) is 16.7. The Morgan fingerprint density at radius 1 is 1.40 bits per heavy atom. The second-order valence-corrected chi connectivity index (χ2v) is 5.68. The molecule has 0 heterocycles. The van der Waals surface area contributed by atoms with E-state index in [1.807, 2.05) is 0 Å². The number of hydrogen-bond donors (Lipinski definition) is 1. The van der Waals surface area contributed by atoms with Crippen LogP contribution < -0.4 is 10.1 Å². The fourth-order valence-electron chi connectivity index (χ4n) is 1.86. The molecule has 0 saturated heterocycles. The molecule has 1 aromatic carbocycles. The molecular weight excluding hydrogens is 322 g/mol. The van der Waals surface area contributed by atoms with E-state index in [0.717, 1.165) is 19.3 Å². The maximum absolute atomic E-state index is 12.4. The van der Waals surface area contributed by atoms with Crippen molar-refractivity contribution in [2.75, 3.05) is 12.4 Å². The van der Waals surface area contributed by atoms with Crippen molar-refractivity contribution < 1.29 is 14.3 Å². The van der Waals surface area contributed by atoms with Gasteiger partial charge in [-0.2, -0.15) is 0 Å². The number of hydrogen-bond acceptors (Lipinski definition) is 3. The number of Topliss-reactive ketones (excluding diaryl/α,β-unsaturated/α-hetero) is 1. The van der Waals surface area contributed by atoms with Crippen molar-refractivity contribution in [3.8, 4) is 5.75 Å². The molecule has 110 valence electrons. The maximum atomic E-state index is 12.4. The largest absolute Gasteiger partial charge is 0.496 e. The summed E-state index contributed by atoms with van der Waals surface area (Å²) < 4.78 is 5.23. The average molecular weight is 342 g/mol. The minimum absolute atomic E-state index is 0.0255. The molecule has 1 unspecified atom stereocenters. The first-order chi connectivity index (χ1) is 9.49. The lowest BCUT2D eigenvalue weighted by atomic mass is 10.0. The van der Waals surface area contributed by atoms with Gasteiger partial charge >= 0.3 is 0 Å². The zero-order valence-electron chi connectivity index (χ0n) is 12.0. The average Bonchev–Trinajstić information content (AvgIpc) is 2.43. The number of carbonyl (C=O) groups excluding carboxylic acids is 2. The topological polar surface area (TPSA) is 55.4 Å². The van der Waals surface area contributed by atoms with E-state index >= 15 is 0 Å². The number of methoxy groups -OCH3 is 1. The third kappa shape index (κ3) is 4.63. The minimum Gasteiger partial charge on any atom is -0.496 e. The van der Waals surface area contributed by atoms with Crippen LogP contribution in [-0.4, -0.2) is 23.6 Å². The standard InChI is InChI=1S/C15H20BrNO3/c1-4-5-6-13(16)15(19)12-9-11(17-10(2)18)7-8-14(12)20-3/h7-9,13H,4-6H2,1-3H3,(H,17,18). The third-order valence-electron chi connectivity index (χ3n) is 2.88. The molecule has 4 nitrogen and oxygen atoms in total. The van der Waals surface area contributed by atoms with Crippen LogP contribution in [0.25, 0.3) is 0 Å². The number of alkyl halides is 1. The Bertz CT molecular complexity index is 488. The maximum Gasteiger partial charge on any atom is 0.221 e. The highest BCUT2D eigenvalue weighted by atomic mass is 79.9. The van der Waals surface area contributed by atoms with Gasteiger partial charge in [0.05, 0.1) is 17.5 Å².